The van der Waals surface area contributed by atoms with Crippen LogP contribution in [0.15, 0.2) is 30.3 Å². The first-order valence-corrected chi connectivity index (χ1v) is 6.86. The summed E-state index contributed by atoms with van der Waals surface area (Å²) in [6.07, 6.45) is 0. The van der Waals surface area contributed by atoms with Crippen molar-refractivity contribution in [2.24, 2.45) is 0 Å². The Morgan fingerprint density at radius 2 is 1.90 bits per heavy atom. The molecule has 0 aliphatic carbocycles. The standard InChI is InChI=1S/C15H18N4O/c1-11-2-4-12(5-3-11)13-10-14(18-17-13)15(20)19-8-6-16-7-9-19/h2-5,10,16H,6-9H2,1H3,(H,17,18). The average Bonchev–Trinajstić information content (AvgIpc) is 2.98. The van der Waals surface area contributed by atoms with Crippen LogP contribution in [0.1, 0.15) is 16.1 Å². The molecule has 2 heterocycles. The van der Waals surface area contributed by atoms with E-state index in [-0.39, 0.29) is 5.91 Å². The molecule has 1 aliphatic heterocycles. The molecule has 1 amide bonds. The third-order valence-electron chi connectivity index (χ3n) is 3.56. The lowest BCUT2D eigenvalue weighted by molar-refractivity contribution is 0.0730. The molecule has 5 nitrogen and oxygen atoms in total. The highest BCUT2D eigenvalue weighted by Crippen LogP contribution is 2.18. The number of nitrogens with one attached hydrogen (secondary N) is 2. The zero-order chi connectivity index (χ0) is 13.9. The van der Waals surface area contributed by atoms with Crippen LogP contribution in [0.2, 0.25) is 0 Å². The van der Waals surface area contributed by atoms with Gasteiger partial charge in [0.05, 0.1) is 5.69 Å². The summed E-state index contributed by atoms with van der Waals surface area (Å²) < 4.78 is 0. The van der Waals surface area contributed by atoms with Gasteiger partial charge in [0, 0.05) is 31.7 Å². The maximum absolute atomic E-state index is 12.3. The van der Waals surface area contributed by atoms with E-state index < -0.39 is 0 Å². The molecule has 1 saturated heterocycles. The number of aryl methyl sites for hydroxylation is 1. The quantitative estimate of drug-likeness (QED) is 0.868. The predicted molar refractivity (Wildman–Crippen MR) is 77.5 cm³/mol. The largest absolute Gasteiger partial charge is 0.335 e. The van der Waals surface area contributed by atoms with Crippen LogP contribution in [0.3, 0.4) is 0 Å². The molecule has 20 heavy (non-hydrogen) atoms. The van der Waals surface area contributed by atoms with E-state index in [9.17, 15) is 4.79 Å². The van der Waals surface area contributed by atoms with E-state index in [2.05, 4.69) is 15.5 Å². The fraction of sp³-hybridized carbons (Fsp3) is 0.333. The molecule has 1 aliphatic rings. The van der Waals surface area contributed by atoms with Gasteiger partial charge >= 0.3 is 0 Å². The summed E-state index contributed by atoms with van der Waals surface area (Å²) in [7, 11) is 0. The first kappa shape index (κ1) is 12.9. The van der Waals surface area contributed by atoms with Crippen LogP contribution >= 0.6 is 0 Å². The maximum atomic E-state index is 12.3. The molecule has 2 N–H and O–H groups in total. The number of carbonyl (C=O) groups excluding carboxylic acids is 1. The third kappa shape index (κ3) is 2.58. The number of amides is 1. The zero-order valence-corrected chi connectivity index (χ0v) is 11.5. The number of hydrogen-bond acceptors (Lipinski definition) is 3. The molecule has 0 saturated carbocycles. The van der Waals surface area contributed by atoms with E-state index in [4.69, 9.17) is 0 Å². The van der Waals surface area contributed by atoms with E-state index in [1.807, 2.05) is 42.2 Å². The minimum absolute atomic E-state index is 0.0253. The molecule has 0 unspecified atom stereocenters. The highest BCUT2D eigenvalue weighted by atomic mass is 16.2. The smallest absolute Gasteiger partial charge is 0.271 e. The summed E-state index contributed by atoms with van der Waals surface area (Å²) in [5, 5.41) is 10.3. The van der Waals surface area contributed by atoms with Crippen LogP contribution in [-0.2, 0) is 0 Å². The lowest BCUT2D eigenvalue weighted by Gasteiger charge is -2.26. The van der Waals surface area contributed by atoms with Gasteiger partial charge in [-0.2, -0.15) is 5.10 Å². The first-order chi connectivity index (χ1) is 9.74. The Morgan fingerprint density at radius 3 is 2.60 bits per heavy atom. The topological polar surface area (TPSA) is 61.0 Å². The molecule has 2 aromatic rings. The van der Waals surface area contributed by atoms with E-state index in [1.54, 1.807) is 0 Å². The fourth-order valence-electron chi connectivity index (χ4n) is 2.34. The van der Waals surface area contributed by atoms with Gasteiger partial charge in [-0.15, -0.1) is 0 Å². The number of aromatic nitrogens is 2. The minimum atomic E-state index is 0.0253. The van der Waals surface area contributed by atoms with Crippen molar-refractivity contribution in [1.29, 1.82) is 0 Å². The highest BCUT2D eigenvalue weighted by molar-refractivity contribution is 5.93. The van der Waals surface area contributed by atoms with Crippen molar-refractivity contribution in [3.05, 3.63) is 41.6 Å². The first-order valence-electron chi connectivity index (χ1n) is 6.86. The number of hydrogen-bond donors (Lipinski definition) is 2. The van der Waals surface area contributed by atoms with Crippen molar-refractivity contribution in [3.8, 4) is 11.3 Å². The summed E-state index contributed by atoms with van der Waals surface area (Å²) in [6.45, 7) is 5.25. The SMILES string of the molecule is Cc1ccc(-c2cc(C(=O)N3CCNCC3)[nH]n2)cc1. The van der Waals surface area contributed by atoms with Crippen LogP contribution in [-0.4, -0.2) is 47.2 Å². The normalized spacial score (nSPS) is 15.3. The number of piperazine rings is 1. The summed E-state index contributed by atoms with van der Waals surface area (Å²) >= 11 is 0. The van der Waals surface area contributed by atoms with Gasteiger partial charge in [-0.1, -0.05) is 29.8 Å². The molecule has 0 atom stereocenters. The van der Waals surface area contributed by atoms with Crippen LogP contribution < -0.4 is 5.32 Å². The van der Waals surface area contributed by atoms with E-state index >= 15 is 0 Å². The zero-order valence-electron chi connectivity index (χ0n) is 11.5. The van der Waals surface area contributed by atoms with Gasteiger partial charge in [0.1, 0.15) is 5.69 Å². The fourth-order valence-corrected chi connectivity index (χ4v) is 2.34. The highest BCUT2D eigenvalue weighted by Gasteiger charge is 2.20. The average molecular weight is 270 g/mol. The van der Waals surface area contributed by atoms with Gasteiger partial charge in [0.25, 0.3) is 5.91 Å². The maximum Gasteiger partial charge on any atom is 0.271 e. The number of aromatic amines is 1. The van der Waals surface area contributed by atoms with Gasteiger partial charge in [-0.05, 0) is 13.0 Å². The van der Waals surface area contributed by atoms with Crippen molar-refractivity contribution >= 4 is 5.91 Å². The molecule has 5 heteroatoms. The van der Waals surface area contributed by atoms with E-state index in [1.165, 1.54) is 5.56 Å². The molecule has 1 aromatic carbocycles. The number of carbonyl (C=O) groups is 1. The summed E-state index contributed by atoms with van der Waals surface area (Å²) in [6, 6.07) is 9.95. The second-order valence-electron chi connectivity index (χ2n) is 5.08. The van der Waals surface area contributed by atoms with E-state index in [0.717, 1.165) is 37.4 Å². The van der Waals surface area contributed by atoms with Gasteiger partial charge < -0.3 is 10.2 Å². The Morgan fingerprint density at radius 1 is 1.20 bits per heavy atom. The van der Waals surface area contributed by atoms with Crippen molar-refractivity contribution < 1.29 is 4.79 Å². The third-order valence-corrected chi connectivity index (χ3v) is 3.56. The van der Waals surface area contributed by atoms with E-state index in [0.29, 0.717) is 5.69 Å². The monoisotopic (exact) mass is 270 g/mol. The molecular formula is C15H18N4O. The predicted octanol–water partition coefficient (Wildman–Crippen LogP) is 1.43. The van der Waals surface area contributed by atoms with Crippen molar-refractivity contribution in [2.45, 2.75) is 6.92 Å². The van der Waals surface area contributed by atoms with Crippen molar-refractivity contribution in [3.63, 3.8) is 0 Å². The Bertz CT molecular complexity index is 597. The Hall–Kier alpha value is -2.14. The molecule has 1 aromatic heterocycles. The number of benzene rings is 1. The number of nitrogens with zero attached hydrogens (tertiary/aromatic N) is 2. The lowest BCUT2D eigenvalue weighted by atomic mass is 10.1. The summed E-state index contributed by atoms with van der Waals surface area (Å²) in [5.74, 6) is 0.0253. The van der Waals surface area contributed by atoms with Crippen molar-refractivity contribution in [2.75, 3.05) is 26.2 Å². The molecular weight excluding hydrogens is 252 g/mol. The second-order valence-corrected chi connectivity index (χ2v) is 5.08. The van der Waals surface area contributed by atoms with Crippen LogP contribution in [0.25, 0.3) is 11.3 Å². The van der Waals surface area contributed by atoms with Crippen LogP contribution in [0, 0.1) is 6.92 Å². The van der Waals surface area contributed by atoms with Gasteiger partial charge in [0.15, 0.2) is 0 Å². The summed E-state index contributed by atoms with van der Waals surface area (Å²) in [5.41, 5.74) is 3.60. The molecule has 0 radical (unpaired) electrons. The van der Waals surface area contributed by atoms with Gasteiger partial charge in [0.2, 0.25) is 0 Å². The molecule has 0 bridgehead atoms. The summed E-state index contributed by atoms with van der Waals surface area (Å²) in [4.78, 5) is 14.2. The van der Waals surface area contributed by atoms with Crippen molar-refractivity contribution in [1.82, 2.24) is 20.4 Å². The molecule has 104 valence electrons. The van der Waals surface area contributed by atoms with Gasteiger partial charge in [-0.3, -0.25) is 9.89 Å². The molecule has 3 rings (SSSR count). The number of rotatable bonds is 2. The lowest BCUT2D eigenvalue weighted by Crippen LogP contribution is -2.46. The minimum Gasteiger partial charge on any atom is -0.335 e. The Balaban J connectivity index is 1.79. The Labute approximate surface area is 118 Å². The Kier molecular flexibility index (Phi) is 3.52. The second kappa shape index (κ2) is 5.46. The van der Waals surface area contributed by atoms with Crippen LogP contribution in [0.5, 0.6) is 0 Å². The van der Waals surface area contributed by atoms with Crippen LogP contribution in [0.4, 0.5) is 0 Å². The molecule has 1 fully saturated rings. The molecule has 0 spiro atoms. The van der Waals surface area contributed by atoms with Gasteiger partial charge in [-0.25, -0.2) is 0 Å². The number of H-pyrrole nitrogens is 1.